The highest BCUT2D eigenvalue weighted by Crippen LogP contribution is 2.33. The number of ether oxygens (including phenoxy) is 3. The van der Waals surface area contributed by atoms with Gasteiger partial charge in [-0.3, -0.25) is 9.59 Å². The predicted molar refractivity (Wildman–Crippen MR) is 100 cm³/mol. The maximum atomic E-state index is 12.1. The van der Waals surface area contributed by atoms with E-state index >= 15 is 0 Å². The summed E-state index contributed by atoms with van der Waals surface area (Å²) in [6.45, 7) is 4.34. The van der Waals surface area contributed by atoms with Gasteiger partial charge in [-0.15, -0.1) is 0 Å². The third-order valence-corrected chi connectivity index (χ3v) is 3.36. The first kappa shape index (κ1) is 19.9. The van der Waals surface area contributed by atoms with Crippen LogP contribution in [0, 0.1) is 0 Å². The van der Waals surface area contributed by atoms with Crippen molar-refractivity contribution in [3.8, 4) is 11.5 Å². The van der Waals surface area contributed by atoms with Crippen LogP contribution in [-0.2, 0) is 14.3 Å². The lowest BCUT2D eigenvalue weighted by atomic mass is 10.1. The molecule has 2 rings (SSSR count). The van der Waals surface area contributed by atoms with Gasteiger partial charge in [0, 0.05) is 13.8 Å². The van der Waals surface area contributed by atoms with Gasteiger partial charge in [-0.2, -0.15) is 0 Å². The van der Waals surface area contributed by atoms with Crippen LogP contribution < -0.4 is 9.47 Å². The third-order valence-electron chi connectivity index (χ3n) is 3.36. The number of carbonyl (C=O) groups is 3. The molecular formula is C21H20O6. The lowest BCUT2D eigenvalue weighted by Crippen LogP contribution is -2.11. The molecule has 0 aliphatic rings. The standard InChI is InChI=1S/C21H20O6/c1-4-25-21(24)17-12-19(26-14(2)22)18(20(13-17)27-15(3)23)11-10-16-8-6-5-7-9-16/h5-13H,4H2,1-3H3/b11-10+. The maximum Gasteiger partial charge on any atom is 0.338 e. The summed E-state index contributed by atoms with van der Waals surface area (Å²) in [4.78, 5) is 35.1. The zero-order valence-electron chi connectivity index (χ0n) is 15.4. The molecule has 0 aliphatic carbocycles. The number of hydrogen-bond donors (Lipinski definition) is 0. The molecule has 2 aromatic rings. The Hall–Kier alpha value is -3.41. The molecule has 0 saturated carbocycles. The van der Waals surface area contributed by atoms with Crippen molar-refractivity contribution in [1.82, 2.24) is 0 Å². The molecule has 0 bridgehead atoms. The molecule has 0 heterocycles. The quantitative estimate of drug-likeness (QED) is 0.437. The predicted octanol–water partition coefficient (Wildman–Crippen LogP) is 3.88. The summed E-state index contributed by atoms with van der Waals surface area (Å²) in [5.41, 5.74) is 1.37. The van der Waals surface area contributed by atoms with Crippen molar-refractivity contribution in [2.45, 2.75) is 20.8 Å². The Morgan fingerprint density at radius 3 is 1.93 bits per heavy atom. The van der Waals surface area contributed by atoms with E-state index in [1.807, 2.05) is 30.3 Å². The van der Waals surface area contributed by atoms with Crippen molar-refractivity contribution in [3.05, 3.63) is 59.2 Å². The minimum absolute atomic E-state index is 0.0940. The van der Waals surface area contributed by atoms with Crippen LogP contribution in [0.3, 0.4) is 0 Å². The highest BCUT2D eigenvalue weighted by Gasteiger charge is 2.18. The van der Waals surface area contributed by atoms with Crippen molar-refractivity contribution in [2.75, 3.05) is 6.61 Å². The second-order valence-electron chi connectivity index (χ2n) is 5.54. The Morgan fingerprint density at radius 2 is 1.44 bits per heavy atom. The van der Waals surface area contributed by atoms with Crippen LogP contribution in [0.5, 0.6) is 11.5 Å². The van der Waals surface area contributed by atoms with Crippen LogP contribution in [0.25, 0.3) is 12.2 Å². The summed E-state index contributed by atoms with van der Waals surface area (Å²) in [7, 11) is 0. The van der Waals surface area contributed by atoms with Gasteiger partial charge in [0.05, 0.1) is 17.7 Å². The molecule has 2 aromatic carbocycles. The van der Waals surface area contributed by atoms with E-state index in [4.69, 9.17) is 14.2 Å². The number of hydrogen-bond acceptors (Lipinski definition) is 6. The van der Waals surface area contributed by atoms with Gasteiger partial charge in [0.2, 0.25) is 0 Å². The van der Waals surface area contributed by atoms with Gasteiger partial charge in [-0.25, -0.2) is 4.79 Å². The molecule has 140 valence electrons. The molecule has 0 unspecified atom stereocenters. The SMILES string of the molecule is CCOC(=O)c1cc(OC(C)=O)c(/C=C/c2ccccc2)c(OC(C)=O)c1. The van der Waals surface area contributed by atoms with Crippen molar-refractivity contribution in [1.29, 1.82) is 0 Å². The van der Waals surface area contributed by atoms with E-state index in [1.165, 1.54) is 26.0 Å². The largest absolute Gasteiger partial charge is 0.462 e. The van der Waals surface area contributed by atoms with Crippen LogP contribution in [0.4, 0.5) is 0 Å². The first-order chi connectivity index (χ1) is 12.9. The Kier molecular flexibility index (Phi) is 6.88. The second-order valence-corrected chi connectivity index (χ2v) is 5.54. The summed E-state index contributed by atoms with van der Waals surface area (Å²) in [5, 5.41) is 0. The molecule has 0 saturated heterocycles. The van der Waals surface area contributed by atoms with Crippen molar-refractivity contribution >= 4 is 30.1 Å². The van der Waals surface area contributed by atoms with Crippen molar-refractivity contribution in [2.24, 2.45) is 0 Å². The molecule has 0 spiro atoms. The molecule has 0 amide bonds. The molecule has 0 atom stereocenters. The van der Waals surface area contributed by atoms with Crippen molar-refractivity contribution in [3.63, 3.8) is 0 Å². The van der Waals surface area contributed by atoms with Crippen LogP contribution in [0.15, 0.2) is 42.5 Å². The maximum absolute atomic E-state index is 12.1. The highest BCUT2D eigenvalue weighted by atomic mass is 16.5. The van der Waals surface area contributed by atoms with Crippen LogP contribution in [0.2, 0.25) is 0 Å². The van der Waals surface area contributed by atoms with E-state index in [0.717, 1.165) is 5.56 Å². The average Bonchev–Trinajstić information content (AvgIpc) is 2.61. The van der Waals surface area contributed by atoms with E-state index in [1.54, 1.807) is 19.1 Å². The number of benzene rings is 2. The fourth-order valence-electron chi connectivity index (χ4n) is 2.32. The number of rotatable bonds is 6. The molecule has 0 aliphatic heterocycles. The molecule has 0 fully saturated rings. The van der Waals surface area contributed by atoms with Crippen LogP contribution >= 0.6 is 0 Å². The monoisotopic (exact) mass is 368 g/mol. The van der Waals surface area contributed by atoms with Gasteiger partial charge in [-0.1, -0.05) is 36.4 Å². The Balaban J connectivity index is 2.58. The minimum Gasteiger partial charge on any atom is -0.462 e. The topological polar surface area (TPSA) is 78.9 Å². The molecular weight excluding hydrogens is 348 g/mol. The first-order valence-corrected chi connectivity index (χ1v) is 8.35. The van der Waals surface area contributed by atoms with E-state index in [-0.39, 0.29) is 23.7 Å². The summed E-state index contributed by atoms with van der Waals surface area (Å²) >= 11 is 0. The van der Waals surface area contributed by atoms with Crippen molar-refractivity contribution < 1.29 is 28.6 Å². The lowest BCUT2D eigenvalue weighted by molar-refractivity contribution is -0.132. The van der Waals surface area contributed by atoms with Gasteiger partial charge >= 0.3 is 17.9 Å². The zero-order valence-corrected chi connectivity index (χ0v) is 15.4. The van der Waals surface area contributed by atoms with E-state index in [2.05, 4.69) is 0 Å². The normalized spacial score (nSPS) is 10.5. The second kappa shape index (κ2) is 9.33. The number of carbonyl (C=O) groups excluding carboxylic acids is 3. The van der Waals surface area contributed by atoms with Gasteiger partial charge in [0.25, 0.3) is 0 Å². The first-order valence-electron chi connectivity index (χ1n) is 8.35. The molecule has 6 heteroatoms. The van der Waals surface area contributed by atoms with Gasteiger partial charge in [0.1, 0.15) is 11.5 Å². The van der Waals surface area contributed by atoms with Crippen LogP contribution in [-0.4, -0.2) is 24.5 Å². The van der Waals surface area contributed by atoms with E-state index < -0.39 is 17.9 Å². The van der Waals surface area contributed by atoms with Crippen LogP contribution in [0.1, 0.15) is 42.3 Å². The third kappa shape index (κ3) is 5.81. The fraction of sp³-hybridized carbons (Fsp3) is 0.190. The molecule has 0 radical (unpaired) electrons. The van der Waals surface area contributed by atoms with E-state index in [0.29, 0.717) is 5.56 Å². The summed E-state index contributed by atoms with van der Waals surface area (Å²) in [5.74, 6) is -1.57. The molecule has 0 N–H and O–H groups in total. The molecule has 27 heavy (non-hydrogen) atoms. The average molecular weight is 368 g/mol. The fourth-order valence-corrected chi connectivity index (χ4v) is 2.32. The minimum atomic E-state index is -0.613. The Morgan fingerprint density at radius 1 is 0.889 bits per heavy atom. The van der Waals surface area contributed by atoms with Gasteiger partial charge in [-0.05, 0) is 30.7 Å². The zero-order chi connectivity index (χ0) is 19.8. The summed E-state index contributed by atoms with van der Waals surface area (Å²) in [6.07, 6.45) is 3.43. The molecule has 0 aromatic heterocycles. The Labute approximate surface area is 157 Å². The lowest BCUT2D eigenvalue weighted by Gasteiger charge is -2.13. The van der Waals surface area contributed by atoms with Gasteiger partial charge < -0.3 is 14.2 Å². The van der Waals surface area contributed by atoms with Gasteiger partial charge in [0.15, 0.2) is 0 Å². The summed E-state index contributed by atoms with van der Waals surface area (Å²) in [6, 6.07) is 12.2. The molecule has 6 nitrogen and oxygen atoms in total. The number of esters is 3. The Bertz CT molecular complexity index is 830. The highest BCUT2D eigenvalue weighted by molar-refractivity contribution is 5.93. The summed E-state index contributed by atoms with van der Waals surface area (Å²) < 4.78 is 15.5. The smallest absolute Gasteiger partial charge is 0.338 e. The van der Waals surface area contributed by atoms with E-state index in [9.17, 15) is 14.4 Å².